The SMILES string of the molecule is COc1ccc2c(c1C(=O)O)OB(O)[C@@H](NC(=O)Cc1cccs1)C2. The lowest BCUT2D eigenvalue weighted by atomic mass is 9.72. The number of carbonyl (C=O) groups excluding carboxylic acids is 1. The van der Waals surface area contributed by atoms with Crippen LogP contribution in [0.2, 0.25) is 0 Å². The number of carboxylic acid groups (broad SMARTS) is 1. The van der Waals surface area contributed by atoms with Gasteiger partial charge >= 0.3 is 13.1 Å². The van der Waals surface area contributed by atoms with Crippen LogP contribution in [0.5, 0.6) is 11.5 Å². The number of hydrogen-bond acceptors (Lipinski definition) is 6. The molecule has 0 radical (unpaired) electrons. The molecule has 1 aliphatic rings. The summed E-state index contributed by atoms with van der Waals surface area (Å²) in [6.45, 7) is 0. The van der Waals surface area contributed by atoms with Crippen molar-refractivity contribution >= 4 is 30.3 Å². The lowest BCUT2D eigenvalue weighted by Crippen LogP contribution is -2.53. The topological polar surface area (TPSA) is 105 Å². The van der Waals surface area contributed by atoms with Gasteiger partial charge < -0.3 is 24.8 Å². The first-order valence-electron chi connectivity index (χ1n) is 7.59. The number of hydrogen-bond donors (Lipinski definition) is 3. The average Bonchev–Trinajstić information content (AvgIpc) is 3.07. The monoisotopic (exact) mass is 361 g/mol. The Labute approximate surface area is 148 Å². The van der Waals surface area contributed by atoms with Gasteiger partial charge in [0.1, 0.15) is 17.1 Å². The zero-order chi connectivity index (χ0) is 18.0. The largest absolute Gasteiger partial charge is 0.547 e. The van der Waals surface area contributed by atoms with Crippen LogP contribution in [0.1, 0.15) is 20.8 Å². The average molecular weight is 361 g/mol. The Hall–Kier alpha value is -2.52. The van der Waals surface area contributed by atoms with Crippen molar-refractivity contribution in [2.75, 3.05) is 7.11 Å². The van der Waals surface area contributed by atoms with Crippen LogP contribution in [0.15, 0.2) is 29.6 Å². The van der Waals surface area contributed by atoms with Gasteiger partial charge in [-0.05, 0) is 29.5 Å². The molecule has 1 aromatic heterocycles. The molecule has 3 rings (SSSR count). The number of fused-ring (bicyclic) bond motifs is 1. The molecule has 0 saturated carbocycles. The van der Waals surface area contributed by atoms with Crippen molar-refractivity contribution in [3.05, 3.63) is 45.6 Å². The molecule has 0 aliphatic carbocycles. The van der Waals surface area contributed by atoms with Crippen molar-refractivity contribution < 1.29 is 29.1 Å². The Morgan fingerprint density at radius 3 is 2.88 bits per heavy atom. The molecule has 3 N–H and O–H groups in total. The molecule has 0 fully saturated rings. The maximum absolute atomic E-state index is 12.1. The van der Waals surface area contributed by atoms with Crippen LogP contribution >= 0.6 is 11.3 Å². The van der Waals surface area contributed by atoms with E-state index in [9.17, 15) is 19.7 Å². The van der Waals surface area contributed by atoms with Gasteiger partial charge in [-0.15, -0.1) is 11.3 Å². The number of thiophene rings is 1. The van der Waals surface area contributed by atoms with Crippen LogP contribution < -0.4 is 14.7 Å². The number of carboxylic acids is 1. The van der Waals surface area contributed by atoms with Crippen molar-refractivity contribution in [1.82, 2.24) is 5.32 Å². The maximum atomic E-state index is 12.1. The van der Waals surface area contributed by atoms with Crippen molar-refractivity contribution in [2.45, 2.75) is 18.8 Å². The first kappa shape index (κ1) is 17.3. The third-order valence-electron chi connectivity index (χ3n) is 3.92. The summed E-state index contributed by atoms with van der Waals surface area (Å²) >= 11 is 1.48. The van der Waals surface area contributed by atoms with Gasteiger partial charge in [-0.1, -0.05) is 12.1 Å². The molecule has 0 spiro atoms. The van der Waals surface area contributed by atoms with Gasteiger partial charge in [-0.3, -0.25) is 4.79 Å². The Balaban J connectivity index is 1.78. The quantitative estimate of drug-likeness (QED) is 0.690. The van der Waals surface area contributed by atoms with Crippen LogP contribution in [0, 0.1) is 0 Å². The maximum Gasteiger partial charge on any atom is 0.547 e. The second-order valence-electron chi connectivity index (χ2n) is 5.58. The first-order valence-corrected chi connectivity index (χ1v) is 8.47. The standard InChI is InChI=1S/C16H16BNO6S/c1-23-11-5-4-9-7-12(17(22)24-15(9)14(11)16(20)21)18-13(19)8-10-3-2-6-25-10/h2-6,12,22H,7-8H2,1H3,(H,18,19)(H,20,21)/t12-/m0/s1. The fourth-order valence-electron chi connectivity index (χ4n) is 2.77. The summed E-state index contributed by atoms with van der Waals surface area (Å²) < 4.78 is 10.4. The zero-order valence-corrected chi connectivity index (χ0v) is 14.2. The van der Waals surface area contributed by atoms with Gasteiger partial charge in [-0.2, -0.15) is 0 Å². The fraction of sp³-hybridized carbons (Fsp3) is 0.250. The van der Waals surface area contributed by atoms with Gasteiger partial charge in [0.15, 0.2) is 0 Å². The molecule has 0 unspecified atom stereocenters. The minimum Gasteiger partial charge on any atom is -0.534 e. The zero-order valence-electron chi connectivity index (χ0n) is 13.4. The van der Waals surface area contributed by atoms with Crippen LogP contribution in [0.25, 0.3) is 0 Å². The number of amides is 1. The number of benzene rings is 1. The molecule has 1 aromatic carbocycles. The molecule has 0 saturated heterocycles. The number of aromatic carboxylic acids is 1. The molecule has 0 bridgehead atoms. The predicted molar refractivity (Wildman–Crippen MR) is 92.2 cm³/mol. The Kier molecular flexibility index (Phi) is 4.96. The fourth-order valence-corrected chi connectivity index (χ4v) is 3.47. The van der Waals surface area contributed by atoms with Crippen molar-refractivity contribution in [2.24, 2.45) is 0 Å². The first-order chi connectivity index (χ1) is 12.0. The molecule has 2 aromatic rings. The summed E-state index contributed by atoms with van der Waals surface area (Å²) in [7, 11) is 0.0195. The van der Waals surface area contributed by atoms with Crippen molar-refractivity contribution in [3.63, 3.8) is 0 Å². The summed E-state index contributed by atoms with van der Waals surface area (Å²) in [4.78, 5) is 24.5. The number of carbonyl (C=O) groups is 2. The molecule has 1 aliphatic heterocycles. The highest BCUT2D eigenvalue weighted by molar-refractivity contribution is 7.10. The third-order valence-corrected chi connectivity index (χ3v) is 4.80. The summed E-state index contributed by atoms with van der Waals surface area (Å²) in [6, 6.07) is 6.93. The lowest BCUT2D eigenvalue weighted by Gasteiger charge is -2.29. The van der Waals surface area contributed by atoms with Crippen LogP contribution in [-0.4, -0.2) is 42.2 Å². The Morgan fingerprint density at radius 1 is 1.44 bits per heavy atom. The highest BCUT2D eigenvalue weighted by Gasteiger charge is 2.38. The minimum absolute atomic E-state index is 0.0723. The van der Waals surface area contributed by atoms with Crippen LogP contribution in [0.3, 0.4) is 0 Å². The van der Waals surface area contributed by atoms with E-state index in [0.717, 1.165) is 4.88 Å². The van der Waals surface area contributed by atoms with Crippen LogP contribution in [0.4, 0.5) is 0 Å². The molecule has 1 amide bonds. The van der Waals surface area contributed by atoms with Gasteiger partial charge in [0, 0.05) is 4.88 Å². The van der Waals surface area contributed by atoms with Gasteiger partial charge in [-0.25, -0.2) is 4.79 Å². The molecular weight excluding hydrogens is 345 g/mol. The highest BCUT2D eigenvalue weighted by Crippen LogP contribution is 2.36. The van der Waals surface area contributed by atoms with Crippen molar-refractivity contribution in [3.8, 4) is 11.5 Å². The molecular formula is C16H16BNO6S. The van der Waals surface area contributed by atoms with Crippen LogP contribution in [-0.2, 0) is 17.6 Å². The molecule has 2 heterocycles. The second kappa shape index (κ2) is 7.16. The minimum atomic E-state index is -1.34. The van der Waals surface area contributed by atoms with Gasteiger partial charge in [0.05, 0.1) is 19.5 Å². The van der Waals surface area contributed by atoms with E-state index in [1.165, 1.54) is 24.5 Å². The molecule has 130 valence electrons. The lowest BCUT2D eigenvalue weighted by molar-refractivity contribution is -0.120. The smallest absolute Gasteiger partial charge is 0.534 e. The van der Waals surface area contributed by atoms with Gasteiger partial charge in [0.25, 0.3) is 0 Å². The number of ether oxygens (including phenoxy) is 1. The number of methoxy groups -OCH3 is 1. The normalized spacial score (nSPS) is 15.9. The van der Waals surface area contributed by atoms with E-state index in [-0.39, 0.29) is 35.8 Å². The summed E-state index contributed by atoms with van der Waals surface area (Å²) in [5.41, 5.74) is 0.451. The second-order valence-corrected chi connectivity index (χ2v) is 6.61. The van der Waals surface area contributed by atoms with Crippen molar-refractivity contribution in [1.29, 1.82) is 0 Å². The molecule has 1 atom stereocenters. The van der Waals surface area contributed by atoms with E-state index in [1.54, 1.807) is 6.07 Å². The summed E-state index contributed by atoms with van der Waals surface area (Å²) in [5, 5.41) is 24.2. The summed E-state index contributed by atoms with van der Waals surface area (Å²) in [5.74, 6) is -1.87. The van der Waals surface area contributed by atoms with E-state index in [1.807, 2.05) is 17.5 Å². The number of nitrogens with one attached hydrogen (secondary N) is 1. The van der Waals surface area contributed by atoms with E-state index >= 15 is 0 Å². The summed E-state index contributed by atoms with van der Waals surface area (Å²) in [6.07, 6.45) is 0.480. The van der Waals surface area contributed by atoms with E-state index < -0.39 is 19.0 Å². The van der Waals surface area contributed by atoms with E-state index in [4.69, 9.17) is 9.39 Å². The third kappa shape index (κ3) is 3.62. The highest BCUT2D eigenvalue weighted by atomic mass is 32.1. The Morgan fingerprint density at radius 2 is 2.24 bits per heavy atom. The Bertz CT molecular complexity index is 794. The van der Waals surface area contributed by atoms with E-state index in [2.05, 4.69) is 5.32 Å². The van der Waals surface area contributed by atoms with E-state index in [0.29, 0.717) is 5.56 Å². The number of rotatable bonds is 5. The van der Waals surface area contributed by atoms with Gasteiger partial charge in [0.2, 0.25) is 5.91 Å². The predicted octanol–water partition coefficient (Wildman–Crippen LogP) is 1.14. The molecule has 7 nitrogen and oxygen atoms in total. The molecule has 9 heteroatoms. The molecule has 25 heavy (non-hydrogen) atoms.